The highest BCUT2D eigenvalue weighted by Gasteiger charge is 2.22. The molecule has 1 fully saturated rings. The lowest BCUT2D eigenvalue weighted by molar-refractivity contribution is 0.0766. The molecule has 1 aliphatic rings. The maximum absolute atomic E-state index is 13.7. The van der Waals surface area contributed by atoms with Crippen LogP contribution in [-0.2, 0) is 6.54 Å². The zero-order chi connectivity index (χ0) is 16.2. The Labute approximate surface area is 137 Å². The number of amides is 1. The summed E-state index contributed by atoms with van der Waals surface area (Å²) in [6, 6.07) is 6.04. The number of aliphatic hydroxyl groups is 1. The van der Waals surface area contributed by atoms with Crippen molar-refractivity contribution in [1.82, 2.24) is 19.9 Å². The molecular weight excluding hydrogens is 319 g/mol. The maximum Gasteiger partial charge on any atom is 0.276 e. The average Bonchev–Trinajstić information content (AvgIpc) is 3.03. The van der Waals surface area contributed by atoms with Gasteiger partial charge in [0, 0.05) is 30.2 Å². The Morgan fingerprint density at radius 3 is 2.83 bits per heavy atom. The van der Waals surface area contributed by atoms with Gasteiger partial charge in [0.05, 0.1) is 12.7 Å². The number of aliphatic hydroxyl groups excluding tert-OH is 1. The van der Waals surface area contributed by atoms with Crippen molar-refractivity contribution in [3.63, 3.8) is 0 Å². The zero-order valence-electron chi connectivity index (χ0n) is 12.4. The Hall–Kier alpha value is -1.93. The maximum atomic E-state index is 13.7. The van der Waals surface area contributed by atoms with Crippen molar-refractivity contribution in [2.75, 3.05) is 24.6 Å². The smallest absolute Gasteiger partial charge is 0.276 e. The highest BCUT2D eigenvalue weighted by Crippen LogP contribution is 2.18. The first kappa shape index (κ1) is 15.9. The molecule has 122 valence electrons. The van der Waals surface area contributed by atoms with Crippen LogP contribution in [0.3, 0.4) is 0 Å². The van der Waals surface area contributed by atoms with Gasteiger partial charge in [-0.25, -0.2) is 9.07 Å². The molecule has 0 spiro atoms. The number of hydrogen-bond donors (Lipinski definition) is 1. The van der Waals surface area contributed by atoms with Crippen LogP contribution < -0.4 is 0 Å². The van der Waals surface area contributed by atoms with Gasteiger partial charge in [-0.3, -0.25) is 4.79 Å². The third-order valence-electron chi connectivity index (χ3n) is 3.68. The second-order valence-electron chi connectivity index (χ2n) is 5.27. The van der Waals surface area contributed by atoms with E-state index in [4.69, 9.17) is 0 Å². The molecule has 1 aromatic heterocycles. The third-order valence-corrected chi connectivity index (χ3v) is 4.62. The van der Waals surface area contributed by atoms with Gasteiger partial charge in [0.2, 0.25) is 0 Å². The molecule has 0 unspecified atom stereocenters. The van der Waals surface area contributed by atoms with Gasteiger partial charge in [-0.1, -0.05) is 23.4 Å². The molecule has 1 N–H and O–H groups in total. The van der Waals surface area contributed by atoms with Crippen LogP contribution in [-0.4, -0.2) is 55.5 Å². The van der Waals surface area contributed by atoms with Gasteiger partial charge in [0.25, 0.3) is 5.91 Å². The summed E-state index contributed by atoms with van der Waals surface area (Å²) < 4.78 is 15.0. The average molecular weight is 336 g/mol. The summed E-state index contributed by atoms with van der Waals surface area (Å²) in [7, 11) is 0. The van der Waals surface area contributed by atoms with Crippen LogP contribution in [0.25, 0.3) is 0 Å². The second-order valence-corrected chi connectivity index (χ2v) is 6.49. The van der Waals surface area contributed by atoms with Crippen LogP contribution in [0, 0.1) is 5.82 Å². The third kappa shape index (κ3) is 3.70. The van der Waals surface area contributed by atoms with Crippen LogP contribution in [0.15, 0.2) is 30.5 Å². The molecule has 0 saturated carbocycles. The molecule has 8 heteroatoms. The van der Waals surface area contributed by atoms with Gasteiger partial charge in [0.1, 0.15) is 11.9 Å². The van der Waals surface area contributed by atoms with Crippen LogP contribution in [0.5, 0.6) is 0 Å². The number of hydrogen-bond acceptors (Lipinski definition) is 5. The molecule has 1 saturated heterocycles. The van der Waals surface area contributed by atoms with Gasteiger partial charge in [-0.05, 0) is 6.07 Å². The van der Waals surface area contributed by atoms with Crippen molar-refractivity contribution >= 4 is 17.7 Å². The fourth-order valence-corrected chi connectivity index (χ4v) is 3.34. The minimum absolute atomic E-state index is 0.0388. The number of nitrogens with zero attached hydrogens (tertiary/aromatic N) is 4. The molecule has 1 aromatic carbocycles. The largest absolute Gasteiger partial charge is 0.386 e. The zero-order valence-corrected chi connectivity index (χ0v) is 13.2. The van der Waals surface area contributed by atoms with E-state index in [9.17, 15) is 14.3 Å². The van der Waals surface area contributed by atoms with Crippen LogP contribution in [0.1, 0.15) is 22.2 Å². The lowest BCUT2D eigenvalue weighted by atomic mass is 10.1. The molecule has 2 heterocycles. The first-order valence-electron chi connectivity index (χ1n) is 7.35. The summed E-state index contributed by atoms with van der Waals surface area (Å²) in [4.78, 5) is 14.0. The van der Waals surface area contributed by atoms with Crippen LogP contribution in [0.4, 0.5) is 4.39 Å². The minimum Gasteiger partial charge on any atom is -0.386 e. The number of rotatable bonds is 4. The van der Waals surface area contributed by atoms with Crippen molar-refractivity contribution < 1.29 is 14.3 Å². The second kappa shape index (κ2) is 7.10. The van der Waals surface area contributed by atoms with Gasteiger partial charge < -0.3 is 10.0 Å². The molecule has 23 heavy (non-hydrogen) atoms. The van der Waals surface area contributed by atoms with Gasteiger partial charge >= 0.3 is 0 Å². The van der Waals surface area contributed by atoms with E-state index in [2.05, 4.69) is 10.3 Å². The Bertz CT molecular complexity index is 688. The number of halogens is 1. The number of thioether (sulfide) groups is 1. The van der Waals surface area contributed by atoms with E-state index in [1.54, 1.807) is 17.0 Å². The van der Waals surface area contributed by atoms with E-state index in [0.29, 0.717) is 13.1 Å². The molecule has 6 nitrogen and oxygen atoms in total. The molecule has 1 aliphatic heterocycles. The van der Waals surface area contributed by atoms with Gasteiger partial charge in [-0.2, -0.15) is 11.8 Å². The first-order chi connectivity index (χ1) is 11.1. The van der Waals surface area contributed by atoms with Crippen molar-refractivity contribution in [3.05, 3.63) is 47.5 Å². The van der Waals surface area contributed by atoms with Crippen molar-refractivity contribution in [3.8, 4) is 0 Å². The van der Waals surface area contributed by atoms with E-state index in [-0.39, 0.29) is 23.7 Å². The molecular formula is C15H17FN4O2S. The van der Waals surface area contributed by atoms with Crippen molar-refractivity contribution in [1.29, 1.82) is 0 Å². The molecule has 0 bridgehead atoms. The summed E-state index contributed by atoms with van der Waals surface area (Å²) in [5, 5.41) is 17.9. The van der Waals surface area contributed by atoms with E-state index in [0.717, 1.165) is 11.5 Å². The Morgan fingerprint density at radius 2 is 2.09 bits per heavy atom. The molecule has 1 atom stereocenters. The summed E-state index contributed by atoms with van der Waals surface area (Å²) in [5.41, 5.74) is 0.446. The Morgan fingerprint density at radius 1 is 1.35 bits per heavy atom. The quantitative estimate of drug-likeness (QED) is 0.912. The van der Waals surface area contributed by atoms with E-state index < -0.39 is 11.9 Å². The summed E-state index contributed by atoms with van der Waals surface area (Å²) >= 11 is 1.82. The van der Waals surface area contributed by atoms with Crippen LogP contribution in [0.2, 0.25) is 0 Å². The lowest BCUT2D eigenvalue weighted by Crippen LogP contribution is -2.38. The molecule has 2 aromatic rings. The topological polar surface area (TPSA) is 71.2 Å². The number of carbonyl (C=O) groups excluding carboxylic acids is 1. The molecule has 3 rings (SSSR count). The number of carbonyl (C=O) groups is 1. The lowest BCUT2D eigenvalue weighted by Gasteiger charge is -2.25. The first-order valence-corrected chi connectivity index (χ1v) is 8.50. The van der Waals surface area contributed by atoms with Gasteiger partial charge in [0.15, 0.2) is 5.69 Å². The van der Waals surface area contributed by atoms with Crippen molar-refractivity contribution in [2.24, 2.45) is 0 Å². The summed E-state index contributed by atoms with van der Waals surface area (Å²) in [6.07, 6.45) is 0.445. The summed E-state index contributed by atoms with van der Waals surface area (Å²) in [6.45, 7) is 1.44. The van der Waals surface area contributed by atoms with Crippen molar-refractivity contribution in [2.45, 2.75) is 12.6 Å². The fourth-order valence-electron chi connectivity index (χ4n) is 2.43. The number of aromatic nitrogens is 3. The Balaban J connectivity index is 1.67. The highest BCUT2D eigenvalue weighted by atomic mass is 32.2. The highest BCUT2D eigenvalue weighted by molar-refractivity contribution is 7.99. The normalized spacial score (nSPS) is 16.3. The van der Waals surface area contributed by atoms with Crippen LogP contribution >= 0.6 is 11.8 Å². The minimum atomic E-state index is -1.05. The standard InChI is InChI=1S/C15H17FN4O2S/c16-12-4-2-1-3-11(12)14(21)10-20-9-13(17-18-20)15(22)19-5-7-23-8-6-19/h1-4,9,14,21H,5-8,10H2/t14-/m0/s1. The van der Waals surface area contributed by atoms with E-state index in [1.807, 2.05) is 11.8 Å². The number of benzene rings is 1. The van der Waals surface area contributed by atoms with E-state index in [1.165, 1.54) is 23.0 Å². The molecule has 0 aliphatic carbocycles. The van der Waals surface area contributed by atoms with Gasteiger partial charge in [-0.15, -0.1) is 5.10 Å². The fraction of sp³-hybridized carbons (Fsp3) is 0.400. The monoisotopic (exact) mass is 336 g/mol. The SMILES string of the molecule is O=C(c1cn(C[C@H](O)c2ccccc2F)nn1)N1CCSCC1. The molecule has 1 amide bonds. The van der Waals surface area contributed by atoms with E-state index >= 15 is 0 Å². The predicted molar refractivity (Wildman–Crippen MR) is 84.6 cm³/mol. The molecule has 0 radical (unpaired) electrons. The summed E-state index contributed by atoms with van der Waals surface area (Å²) in [5.74, 6) is 1.22. The Kier molecular flexibility index (Phi) is 4.92. The predicted octanol–water partition coefficient (Wildman–Crippen LogP) is 1.34.